The van der Waals surface area contributed by atoms with Crippen molar-refractivity contribution >= 4 is 5.97 Å². The molecule has 0 aromatic carbocycles. The minimum absolute atomic E-state index is 0.122. The van der Waals surface area contributed by atoms with Gasteiger partial charge in [0, 0.05) is 6.54 Å². The van der Waals surface area contributed by atoms with E-state index in [1.165, 1.54) is 19.3 Å². The predicted octanol–water partition coefficient (Wildman–Crippen LogP) is 2.38. The summed E-state index contributed by atoms with van der Waals surface area (Å²) in [6, 6.07) is 0. The SMILES string of the molecule is CCCN(CCOC1CCCCC1C)CC(=O)O. The van der Waals surface area contributed by atoms with Crippen LogP contribution in [0.25, 0.3) is 0 Å². The van der Waals surface area contributed by atoms with E-state index in [1.807, 2.05) is 4.90 Å². The highest BCUT2D eigenvalue weighted by atomic mass is 16.5. The number of carbonyl (C=O) groups is 1. The van der Waals surface area contributed by atoms with E-state index in [4.69, 9.17) is 9.84 Å². The molecule has 0 spiro atoms. The molecule has 0 radical (unpaired) electrons. The van der Waals surface area contributed by atoms with Gasteiger partial charge in [-0.05, 0) is 31.7 Å². The Balaban J connectivity index is 2.22. The molecule has 0 amide bonds. The molecule has 1 N–H and O–H groups in total. The summed E-state index contributed by atoms with van der Waals surface area (Å²) in [4.78, 5) is 12.7. The number of aliphatic carboxylic acids is 1. The zero-order chi connectivity index (χ0) is 13.4. The van der Waals surface area contributed by atoms with E-state index in [9.17, 15) is 4.79 Å². The van der Waals surface area contributed by atoms with Crippen molar-refractivity contribution in [1.82, 2.24) is 4.90 Å². The zero-order valence-electron chi connectivity index (χ0n) is 11.7. The Hall–Kier alpha value is -0.610. The molecular formula is C14H27NO3. The summed E-state index contributed by atoms with van der Waals surface area (Å²) in [5, 5.41) is 8.82. The average Bonchev–Trinajstić information content (AvgIpc) is 2.31. The van der Waals surface area contributed by atoms with Gasteiger partial charge < -0.3 is 9.84 Å². The molecule has 106 valence electrons. The molecule has 1 aliphatic carbocycles. The van der Waals surface area contributed by atoms with Crippen LogP contribution < -0.4 is 0 Å². The van der Waals surface area contributed by atoms with Crippen LogP contribution in [0.5, 0.6) is 0 Å². The number of rotatable bonds is 8. The van der Waals surface area contributed by atoms with Gasteiger partial charge in [0.1, 0.15) is 0 Å². The van der Waals surface area contributed by atoms with Crippen molar-refractivity contribution in [3.63, 3.8) is 0 Å². The van der Waals surface area contributed by atoms with Gasteiger partial charge in [0.15, 0.2) is 0 Å². The third-order valence-corrected chi connectivity index (χ3v) is 3.67. The van der Waals surface area contributed by atoms with Crippen LogP contribution >= 0.6 is 0 Å². The first-order chi connectivity index (χ1) is 8.63. The molecule has 0 bridgehead atoms. The largest absolute Gasteiger partial charge is 0.480 e. The van der Waals surface area contributed by atoms with Gasteiger partial charge in [0.05, 0.1) is 19.3 Å². The quantitative estimate of drug-likeness (QED) is 0.725. The van der Waals surface area contributed by atoms with Crippen molar-refractivity contribution < 1.29 is 14.6 Å². The molecule has 1 fully saturated rings. The van der Waals surface area contributed by atoms with Gasteiger partial charge in [-0.25, -0.2) is 0 Å². The Morgan fingerprint density at radius 3 is 2.67 bits per heavy atom. The first kappa shape index (κ1) is 15.4. The van der Waals surface area contributed by atoms with E-state index in [-0.39, 0.29) is 6.54 Å². The second kappa shape index (κ2) is 8.48. The van der Waals surface area contributed by atoms with E-state index in [0.717, 1.165) is 25.9 Å². The highest BCUT2D eigenvalue weighted by Crippen LogP contribution is 2.26. The third kappa shape index (κ3) is 5.83. The van der Waals surface area contributed by atoms with Crippen LogP contribution in [0.3, 0.4) is 0 Å². The molecule has 0 heterocycles. The molecule has 0 aromatic heterocycles. The second-order valence-corrected chi connectivity index (χ2v) is 5.34. The van der Waals surface area contributed by atoms with Gasteiger partial charge in [-0.1, -0.05) is 26.7 Å². The first-order valence-electron chi connectivity index (χ1n) is 7.19. The molecule has 0 aromatic rings. The fourth-order valence-corrected chi connectivity index (χ4v) is 2.64. The van der Waals surface area contributed by atoms with E-state index >= 15 is 0 Å². The van der Waals surface area contributed by atoms with Crippen LogP contribution in [0.15, 0.2) is 0 Å². The summed E-state index contributed by atoms with van der Waals surface area (Å²) in [5.74, 6) is -0.104. The van der Waals surface area contributed by atoms with Gasteiger partial charge in [0.25, 0.3) is 0 Å². The summed E-state index contributed by atoms with van der Waals surface area (Å²) in [6.45, 7) is 6.66. The lowest BCUT2D eigenvalue weighted by Gasteiger charge is -2.29. The molecular weight excluding hydrogens is 230 g/mol. The molecule has 0 saturated heterocycles. The molecule has 4 nitrogen and oxygen atoms in total. The van der Waals surface area contributed by atoms with Gasteiger partial charge >= 0.3 is 5.97 Å². The molecule has 1 aliphatic rings. The molecule has 1 saturated carbocycles. The second-order valence-electron chi connectivity index (χ2n) is 5.34. The lowest BCUT2D eigenvalue weighted by molar-refractivity contribution is -0.138. The van der Waals surface area contributed by atoms with Crippen LogP contribution in [-0.2, 0) is 9.53 Å². The monoisotopic (exact) mass is 257 g/mol. The highest BCUT2D eigenvalue weighted by molar-refractivity contribution is 5.69. The van der Waals surface area contributed by atoms with Crippen molar-refractivity contribution in [3.05, 3.63) is 0 Å². The van der Waals surface area contributed by atoms with Gasteiger partial charge in [-0.3, -0.25) is 9.69 Å². The Morgan fingerprint density at radius 1 is 1.33 bits per heavy atom. The number of carboxylic acid groups (broad SMARTS) is 1. The maximum absolute atomic E-state index is 10.7. The van der Waals surface area contributed by atoms with Crippen LogP contribution in [0, 0.1) is 5.92 Å². The molecule has 2 atom stereocenters. The van der Waals surface area contributed by atoms with E-state index < -0.39 is 5.97 Å². The van der Waals surface area contributed by atoms with Crippen molar-refractivity contribution in [2.24, 2.45) is 5.92 Å². The van der Waals surface area contributed by atoms with Crippen molar-refractivity contribution in [2.75, 3.05) is 26.2 Å². The lowest BCUT2D eigenvalue weighted by atomic mass is 9.88. The van der Waals surface area contributed by atoms with E-state index in [2.05, 4.69) is 13.8 Å². The van der Waals surface area contributed by atoms with Gasteiger partial charge in [-0.2, -0.15) is 0 Å². The summed E-state index contributed by atoms with van der Waals surface area (Å²) < 4.78 is 5.92. The fraction of sp³-hybridized carbons (Fsp3) is 0.929. The standard InChI is InChI=1S/C14H27NO3/c1-3-8-15(11-14(16)17)9-10-18-13-7-5-4-6-12(13)2/h12-13H,3-11H2,1-2H3,(H,16,17). The summed E-state index contributed by atoms with van der Waals surface area (Å²) in [6.07, 6.45) is 6.37. The van der Waals surface area contributed by atoms with Crippen molar-refractivity contribution in [2.45, 2.75) is 52.1 Å². The zero-order valence-corrected chi connectivity index (χ0v) is 11.7. The van der Waals surface area contributed by atoms with E-state index in [1.54, 1.807) is 0 Å². The highest BCUT2D eigenvalue weighted by Gasteiger charge is 2.21. The van der Waals surface area contributed by atoms with Gasteiger partial charge in [0.2, 0.25) is 0 Å². The van der Waals surface area contributed by atoms with Crippen LogP contribution in [-0.4, -0.2) is 48.3 Å². The Labute approximate surface area is 110 Å². The molecule has 18 heavy (non-hydrogen) atoms. The minimum Gasteiger partial charge on any atom is -0.480 e. The maximum atomic E-state index is 10.7. The van der Waals surface area contributed by atoms with Gasteiger partial charge in [-0.15, -0.1) is 0 Å². The smallest absolute Gasteiger partial charge is 0.317 e. The molecule has 2 unspecified atom stereocenters. The number of nitrogens with zero attached hydrogens (tertiary/aromatic N) is 1. The number of ether oxygens (including phenoxy) is 1. The Morgan fingerprint density at radius 2 is 2.06 bits per heavy atom. The summed E-state index contributed by atoms with van der Waals surface area (Å²) in [7, 11) is 0. The van der Waals surface area contributed by atoms with Crippen LogP contribution in [0.4, 0.5) is 0 Å². The topological polar surface area (TPSA) is 49.8 Å². The average molecular weight is 257 g/mol. The number of hydrogen-bond acceptors (Lipinski definition) is 3. The third-order valence-electron chi connectivity index (χ3n) is 3.67. The lowest BCUT2D eigenvalue weighted by Crippen LogP contribution is -2.35. The van der Waals surface area contributed by atoms with E-state index in [0.29, 0.717) is 18.6 Å². The van der Waals surface area contributed by atoms with Crippen LogP contribution in [0.2, 0.25) is 0 Å². The fourth-order valence-electron chi connectivity index (χ4n) is 2.64. The Bertz CT molecular complexity index is 245. The molecule has 0 aliphatic heterocycles. The van der Waals surface area contributed by atoms with Crippen LogP contribution in [0.1, 0.15) is 46.0 Å². The summed E-state index contributed by atoms with van der Waals surface area (Å²) >= 11 is 0. The Kier molecular flexibility index (Phi) is 7.28. The normalized spacial score (nSPS) is 24.4. The predicted molar refractivity (Wildman–Crippen MR) is 71.7 cm³/mol. The van der Waals surface area contributed by atoms with Crippen molar-refractivity contribution in [3.8, 4) is 0 Å². The maximum Gasteiger partial charge on any atom is 0.317 e. The molecule has 1 rings (SSSR count). The minimum atomic E-state index is -0.755. The molecule has 4 heteroatoms. The number of carboxylic acids is 1. The number of hydrogen-bond donors (Lipinski definition) is 1. The summed E-state index contributed by atoms with van der Waals surface area (Å²) in [5.41, 5.74) is 0. The first-order valence-corrected chi connectivity index (χ1v) is 7.19. The van der Waals surface area contributed by atoms with Crippen molar-refractivity contribution in [1.29, 1.82) is 0 Å².